The van der Waals surface area contributed by atoms with Gasteiger partial charge in [0.05, 0.1) is 0 Å². The van der Waals surface area contributed by atoms with Gasteiger partial charge < -0.3 is 15.7 Å². The molecule has 0 heterocycles. The van der Waals surface area contributed by atoms with Crippen molar-refractivity contribution in [2.75, 3.05) is 5.32 Å². The predicted octanol–water partition coefficient (Wildman–Crippen LogP) is 2.34. The van der Waals surface area contributed by atoms with Crippen LogP contribution in [0.25, 0.3) is 0 Å². The molecule has 5 nitrogen and oxygen atoms in total. The van der Waals surface area contributed by atoms with Crippen LogP contribution >= 0.6 is 0 Å². The van der Waals surface area contributed by atoms with E-state index in [2.05, 4.69) is 10.6 Å². The Morgan fingerprint density at radius 3 is 2.26 bits per heavy atom. The molecule has 0 bridgehead atoms. The molecular formula is C13H15FN2O3. The summed E-state index contributed by atoms with van der Waals surface area (Å²) in [7, 11) is 0. The summed E-state index contributed by atoms with van der Waals surface area (Å²) in [5, 5.41) is 14.2. The van der Waals surface area contributed by atoms with Crippen LogP contribution in [-0.2, 0) is 4.79 Å². The second-order valence-corrected chi connectivity index (χ2v) is 4.68. The minimum absolute atomic E-state index is 0.399. The van der Waals surface area contributed by atoms with Crippen molar-refractivity contribution in [2.45, 2.75) is 31.2 Å². The lowest BCUT2D eigenvalue weighted by Gasteiger charge is -2.25. The molecule has 0 aliphatic heterocycles. The number of nitrogens with one attached hydrogen (secondary N) is 2. The number of carbonyl (C=O) groups is 2. The number of anilines is 1. The maximum Gasteiger partial charge on any atom is 0.329 e. The molecule has 0 unspecified atom stereocenters. The van der Waals surface area contributed by atoms with Crippen molar-refractivity contribution in [3.63, 3.8) is 0 Å². The summed E-state index contributed by atoms with van der Waals surface area (Å²) < 4.78 is 12.7. The molecular weight excluding hydrogens is 251 g/mol. The first kappa shape index (κ1) is 13.3. The van der Waals surface area contributed by atoms with E-state index in [1.807, 2.05) is 0 Å². The SMILES string of the molecule is O=C(Nc1ccc(F)cc1)NC1(C(=O)O)CCCC1. The highest BCUT2D eigenvalue weighted by Gasteiger charge is 2.42. The number of hydrogen-bond donors (Lipinski definition) is 3. The second kappa shape index (κ2) is 5.26. The Morgan fingerprint density at radius 2 is 1.74 bits per heavy atom. The van der Waals surface area contributed by atoms with E-state index in [1.54, 1.807) is 0 Å². The standard InChI is InChI=1S/C13H15FN2O3/c14-9-3-5-10(6-4-9)15-12(19)16-13(11(17)18)7-1-2-8-13/h3-6H,1-2,7-8H2,(H,17,18)(H2,15,16,19). The molecule has 2 amide bonds. The molecule has 0 spiro atoms. The molecule has 0 atom stereocenters. The average molecular weight is 266 g/mol. The van der Waals surface area contributed by atoms with Crippen LogP contribution in [0.5, 0.6) is 0 Å². The number of hydrogen-bond acceptors (Lipinski definition) is 2. The number of benzene rings is 1. The summed E-state index contributed by atoms with van der Waals surface area (Å²) in [6.45, 7) is 0. The first-order valence-corrected chi connectivity index (χ1v) is 6.10. The van der Waals surface area contributed by atoms with Crippen LogP contribution in [0.3, 0.4) is 0 Å². The number of urea groups is 1. The molecule has 0 saturated heterocycles. The van der Waals surface area contributed by atoms with Gasteiger partial charge in [0.15, 0.2) is 0 Å². The van der Waals surface area contributed by atoms with E-state index in [9.17, 15) is 19.1 Å². The van der Waals surface area contributed by atoms with Gasteiger partial charge in [-0.2, -0.15) is 0 Å². The summed E-state index contributed by atoms with van der Waals surface area (Å²) in [5.74, 6) is -1.41. The Morgan fingerprint density at radius 1 is 1.16 bits per heavy atom. The number of rotatable bonds is 3. The van der Waals surface area contributed by atoms with Crippen molar-refractivity contribution in [3.05, 3.63) is 30.1 Å². The van der Waals surface area contributed by atoms with Gasteiger partial charge in [-0.25, -0.2) is 14.0 Å². The molecule has 0 radical (unpaired) electrons. The van der Waals surface area contributed by atoms with Crippen LogP contribution in [0.15, 0.2) is 24.3 Å². The van der Waals surface area contributed by atoms with Crippen molar-refractivity contribution in [1.29, 1.82) is 0 Å². The average Bonchev–Trinajstić information content (AvgIpc) is 2.82. The third kappa shape index (κ3) is 3.01. The van der Waals surface area contributed by atoms with Crippen molar-refractivity contribution in [3.8, 4) is 0 Å². The van der Waals surface area contributed by atoms with Gasteiger partial charge in [0.1, 0.15) is 11.4 Å². The maximum absolute atomic E-state index is 12.7. The van der Waals surface area contributed by atoms with Crippen molar-refractivity contribution in [1.82, 2.24) is 5.32 Å². The van der Waals surface area contributed by atoms with Crippen LogP contribution in [-0.4, -0.2) is 22.6 Å². The molecule has 1 saturated carbocycles. The maximum atomic E-state index is 12.7. The van der Waals surface area contributed by atoms with E-state index in [1.165, 1.54) is 24.3 Å². The van der Waals surface area contributed by atoms with E-state index in [-0.39, 0.29) is 0 Å². The van der Waals surface area contributed by atoms with Crippen molar-refractivity contribution < 1.29 is 19.1 Å². The van der Waals surface area contributed by atoms with Gasteiger partial charge in [-0.15, -0.1) is 0 Å². The monoisotopic (exact) mass is 266 g/mol. The fourth-order valence-electron chi connectivity index (χ4n) is 2.28. The molecule has 2 rings (SSSR count). The third-order valence-corrected chi connectivity index (χ3v) is 3.32. The summed E-state index contributed by atoms with van der Waals surface area (Å²) in [5.41, 5.74) is -0.762. The fraction of sp³-hybridized carbons (Fsp3) is 0.385. The van der Waals surface area contributed by atoms with Crippen LogP contribution in [0.1, 0.15) is 25.7 Å². The molecule has 1 aliphatic carbocycles. The van der Waals surface area contributed by atoms with Gasteiger partial charge in [-0.1, -0.05) is 12.8 Å². The van der Waals surface area contributed by atoms with E-state index in [0.717, 1.165) is 12.8 Å². The number of carbonyl (C=O) groups excluding carboxylic acids is 1. The summed E-state index contributed by atoms with van der Waals surface area (Å²) in [4.78, 5) is 23.0. The van der Waals surface area contributed by atoms with E-state index >= 15 is 0 Å². The number of halogens is 1. The normalized spacial score (nSPS) is 16.9. The van der Waals surface area contributed by atoms with Crippen LogP contribution in [0, 0.1) is 5.82 Å². The lowest BCUT2D eigenvalue weighted by molar-refractivity contribution is -0.144. The van der Waals surface area contributed by atoms with Gasteiger partial charge in [-0.05, 0) is 37.1 Å². The first-order chi connectivity index (χ1) is 9.02. The largest absolute Gasteiger partial charge is 0.480 e. The number of carboxylic acid groups (broad SMARTS) is 1. The lowest BCUT2D eigenvalue weighted by Crippen LogP contribution is -2.53. The van der Waals surface area contributed by atoms with Gasteiger partial charge >= 0.3 is 12.0 Å². The molecule has 6 heteroatoms. The smallest absolute Gasteiger partial charge is 0.329 e. The van der Waals surface area contributed by atoms with E-state index in [0.29, 0.717) is 18.5 Å². The Hall–Kier alpha value is -2.11. The Balaban J connectivity index is 2.00. The minimum atomic E-state index is -1.18. The third-order valence-electron chi connectivity index (χ3n) is 3.32. The zero-order valence-corrected chi connectivity index (χ0v) is 10.3. The quantitative estimate of drug-likeness (QED) is 0.785. The van der Waals surface area contributed by atoms with Crippen molar-refractivity contribution in [2.24, 2.45) is 0 Å². The number of aliphatic carboxylic acids is 1. The summed E-state index contributed by atoms with van der Waals surface area (Å²) in [6.07, 6.45) is 2.42. The lowest BCUT2D eigenvalue weighted by atomic mass is 9.98. The zero-order chi connectivity index (χ0) is 13.9. The molecule has 19 heavy (non-hydrogen) atoms. The van der Waals surface area contributed by atoms with Crippen LogP contribution < -0.4 is 10.6 Å². The minimum Gasteiger partial charge on any atom is -0.480 e. The second-order valence-electron chi connectivity index (χ2n) is 4.68. The molecule has 102 valence electrons. The Labute approximate surface area is 109 Å². The fourth-order valence-corrected chi connectivity index (χ4v) is 2.28. The van der Waals surface area contributed by atoms with Gasteiger partial charge in [0.2, 0.25) is 0 Å². The number of carboxylic acids is 1. The van der Waals surface area contributed by atoms with Crippen LogP contribution in [0.4, 0.5) is 14.9 Å². The Kier molecular flexibility index (Phi) is 3.69. The van der Waals surface area contributed by atoms with E-state index < -0.39 is 23.4 Å². The molecule has 3 N–H and O–H groups in total. The Bertz CT molecular complexity index is 481. The van der Waals surface area contributed by atoms with Gasteiger partial charge in [0.25, 0.3) is 0 Å². The summed E-state index contributed by atoms with van der Waals surface area (Å²) >= 11 is 0. The topological polar surface area (TPSA) is 78.4 Å². The first-order valence-electron chi connectivity index (χ1n) is 6.10. The number of amides is 2. The molecule has 1 aromatic carbocycles. The van der Waals surface area contributed by atoms with Gasteiger partial charge in [-0.3, -0.25) is 0 Å². The molecule has 1 aromatic rings. The van der Waals surface area contributed by atoms with Crippen LogP contribution in [0.2, 0.25) is 0 Å². The zero-order valence-electron chi connectivity index (χ0n) is 10.3. The molecule has 1 aliphatic rings. The highest BCUT2D eigenvalue weighted by atomic mass is 19.1. The predicted molar refractivity (Wildman–Crippen MR) is 67.4 cm³/mol. The molecule has 0 aromatic heterocycles. The highest BCUT2D eigenvalue weighted by molar-refractivity contribution is 5.94. The van der Waals surface area contributed by atoms with Gasteiger partial charge in [0, 0.05) is 5.69 Å². The summed E-state index contributed by atoms with van der Waals surface area (Å²) in [6, 6.07) is 4.68. The molecule has 1 fully saturated rings. The van der Waals surface area contributed by atoms with E-state index in [4.69, 9.17) is 0 Å². The highest BCUT2D eigenvalue weighted by Crippen LogP contribution is 2.30. The van der Waals surface area contributed by atoms with Crippen molar-refractivity contribution >= 4 is 17.7 Å².